The normalized spacial score (nSPS) is 11.5. The largest absolute Gasteiger partial charge is 0.468 e. The average molecular weight is 208 g/mol. The molecule has 14 heavy (non-hydrogen) atoms. The van der Waals surface area contributed by atoms with E-state index in [0.29, 0.717) is 6.26 Å². The molecule has 1 aromatic heterocycles. The fraction of sp³-hybridized carbons (Fsp3) is 0.375. The van der Waals surface area contributed by atoms with Crippen molar-refractivity contribution in [1.29, 1.82) is 0 Å². The second kappa shape index (κ2) is 3.36. The number of hydrogen-bond acceptors (Lipinski definition) is 3. The van der Waals surface area contributed by atoms with Gasteiger partial charge in [-0.2, -0.15) is 13.2 Å². The highest BCUT2D eigenvalue weighted by molar-refractivity contribution is 5.92. The van der Waals surface area contributed by atoms with Crippen molar-refractivity contribution in [3.63, 3.8) is 0 Å². The number of carbonyl (C=O) groups excluding carboxylic acids is 1. The Balaban J connectivity index is 3.26. The second-order valence-corrected chi connectivity index (χ2v) is 2.57. The zero-order chi connectivity index (χ0) is 10.9. The van der Waals surface area contributed by atoms with Crippen LogP contribution in [0.25, 0.3) is 0 Å². The summed E-state index contributed by atoms with van der Waals surface area (Å²) in [6, 6.07) is 0. The molecule has 1 heterocycles. The maximum absolute atomic E-state index is 12.3. The van der Waals surface area contributed by atoms with Crippen LogP contribution in [-0.2, 0) is 10.9 Å². The first kappa shape index (κ1) is 10.6. The Hall–Kier alpha value is -1.46. The Labute approximate surface area is 77.5 Å². The van der Waals surface area contributed by atoms with Crippen LogP contribution in [0.5, 0.6) is 0 Å². The summed E-state index contributed by atoms with van der Waals surface area (Å²) in [6.07, 6.45) is -4.11. The Bertz CT molecular complexity index is 351. The molecule has 0 aliphatic carbocycles. The van der Waals surface area contributed by atoms with Crippen LogP contribution >= 0.6 is 0 Å². The van der Waals surface area contributed by atoms with Crippen molar-refractivity contribution in [2.45, 2.75) is 13.1 Å². The summed E-state index contributed by atoms with van der Waals surface area (Å²) in [7, 11) is 1.01. The highest BCUT2D eigenvalue weighted by Gasteiger charge is 2.38. The molecule has 78 valence electrons. The Morgan fingerprint density at radius 2 is 2.07 bits per heavy atom. The molecule has 0 fully saturated rings. The molecule has 0 aliphatic rings. The number of carbonyl (C=O) groups is 1. The number of ether oxygens (including phenoxy) is 1. The number of methoxy groups -OCH3 is 1. The van der Waals surface area contributed by atoms with Gasteiger partial charge in [-0.05, 0) is 6.92 Å². The van der Waals surface area contributed by atoms with Gasteiger partial charge in [0.05, 0.1) is 7.11 Å². The SMILES string of the molecule is COC(=O)c1c(C(F)(F)F)coc1C. The van der Waals surface area contributed by atoms with Gasteiger partial charge >= 0.3 is 12.1 Å². The smallest absolute Gasteiger partial charge is 0.420 e. The summed E-state index contributed by atoms with van der Waals surface area (Å²) < 4.78 is 45.6. The average Bonchev–Trinajstić information content (AvgIpc) is 2.45. The molecular weight excluding hydrogens is 201 g/mol. The van der Waals surface area contributed by atoms with E-state index >= 15 is 0 Å². The van der Waals surface area contributed by atoms with E-state index in [9.17, 15) is 18.0 Å². The van der Waals surface area contributed by atoms with E-state index in [1.807, 2.05) is 0 Å². The summed E-state index contributed by atoms with van der Waals surface area (Å²) in [5.41, 5.74) is -1.68. The Morgan fingerprint density at radius 3 is 2.50 bits per heavy atom. The van der Waals surface area contributed by atoms with E-state index in [1.54, 1.807) is 0 Å². The number of aryl methyl sites for hydroxylation is 1. The van der Waals surface area contributed by atoms with E-state index in [4.69, 9.17) is 0 Å². The van der Waals surface area contributed by atoms with Crippen molar-refractivity contribution in [3.8, 4) is 0 Å². The quantitative estimate of drug-likeness (QED) is 0.665. The molecule has 0 spiro atoms. The standard InChI is InChI=1S/C8H7F3O3/c1-4-6(7(12)13-2)5(3-14-4)8(9,10)11/h3H,1-2H3. The molecule has 0 radical (unpaired) electrons. The molecule has 1 aromatic rings. The molecule has 0 aromatic carbocycles. The fourth-order valence-electron chi connectivity index (χ4n) is 1.02. The number of furan rings is 1. The first-order chi connectivity index (χ1) is 6.38. The molecule has 6 heteroatoms. The predicted molar refractivity (Wildman–Crippen MR) is 39.8 cm³/mol. The van der Waals surface area contributed by atoms with Gasteiger partial charge in [0.15, 0.2) is 0 Å². The van der Waals surface area contributed by atoms with E-state index in [2.05, 4.69) is 9.15 Å². The van der Waals surface area contributed by atoms with Crippen LogP contribution in [0.15, 0.2) is 10.7 Å². The highest BCUT2D eigenvalue weighted by Crippen LogP contribution is 2.34. The third kappa shape index (κ3) is 1.73. The van der Waals surface area contributed by atoms with Gasteiger partial charge in [-0.3, -0.25) is 0 Å². The molecule has 0 bridgehead atoms. The fourth-order valence-corrected chi connectivity index (χ4v) is 1.02. The van der Waals surface area contributed by atoms with Gasteiger partial charge in [-0.25, -0.2) is 4.79 Å². The highest BCUT2D eigenvalue weighted by atomic mass is 19.4. The third-order valence-electron chi connectivity index (χ3n) is 1.67. The molecule has 0 saturated carbocycles. The minimum atomic E-state index is -4.61. The van der Waals surface area contributed by atoms with Crippen LogP contribution in [0.1, 0.15) is 21.7 Å². The maximum Gasteiger partial charge on any atom is 0.420 e. The number of esters is 1. The molecule has 0 atom stereocenters. The maximum atomic E-state index is 12.3. The van der Waals surface area contributed by atoms with E-state index in [0.717, 1.165) is 7.11 Å². The summed E-state index contributed by atoms with van der Waals surface area (Å²) in [4.78, 5) is 11.0. The van der Waals surface area contributed by atoms with E-state index in [1.165, 1.54) is 6.92 Å². The summed E-state index contributed by atoms with van der Waals surface area (Å²) in [5, 5.41) is 0. The Morgan fingerprint density at radius 1 is 1.50 bits per heavy atom. The monoisotopic (exact) mass is 208 g/mol. The van der Waals surface area contributed by atoms with Crippen molar-refractivity contribution < 1.29 is 27.1 Å². The van der Waals surface area contributed by atoms with Gasteiger partial charge in [0, 0.05) is 0 Å². The summed E-state index contributed by atoms with van der Waals surface area (Å²) >= 11 is 0. The van der Waals surface area contributed by atoms with Crippen molar-refractivity contribution in [2.24, 2.45) is 0 Å². The van der Waals surface area contributed by atoms with Gasteiger partial charge in [-0.1, -0.05) is 0 Å². The molecule has 0 amide bonds. The van der Waals surface area contributed by atoms with Gasteiger partial charge in [0.2, 0.25) is 0 Å². The van der Waals surface area contributed by atoms with Crippen molar-refractivity contribution in [2.75, 3.05) is 7.11 Å². The van der Waals surface area contributed by atoms with Gasteiger partial charge < -0.3 is 9.15 Å². The van der Waals surface area contributed by atoms with Crippen LogP contribution < -0.4 is 0 Å². The minimum absolute atomic E-state index is 0.107. The molecular formula is C8H7F3O3. The lowest BCUT2D eigenvalue weighted by molar-refractivity contribution is -0.138. The number of hydrogen-bond donors (Lipinski definition) is 0. The minimum Gasteiger partial charge on any atom is -0.468 e. The lowest BCUT2D eigenvalue weighted by Crippen LogP contribution is -2.12. The first-order valence-corrected chi connectivity index (χ1v) is 3.61. The van der Waals surface area contributed by atoms with Crippen LogP contribution in [0.4, 0.5) is 13.2 Å². The van der Waals surface area contributed by atoms with Gasteiger partial charge in [0.1, 0.15) is 23.2 Å². The van der Waals surface area contributed by atoms with Gasteiger partial charge in [0.25, 0.3) is 0 Å². The number of alkyl halides is 3. The molecule has 0 N–H and O–H groups in total. The zero-order valence-corrected chi connectivity index (χ0v) is 7.44. The van der Waals surface area contributed by atoms with Crippen LogP contribution in [0, 0.1) is 6.92 Å². The molecule has 0 unspecified atom stereocenters. The number of halogens is 3. The Kier molecular flexibility index (Phi) is 2.55. The summed E-state index contributed by atoms with van der Waals surface area (Å²) in [5.74, 6) is -1.16. The van der Waals surface area contributed by atoms with Crippen LogP contribution in [-0.4, -0.2) is 13.1 Å². The number of rotatable bonds is 1. The van der Waals surface area contributed by atoms with Crippen molar-refractivity contribution >= 4 is 5.97 Å². The molecule has 0 aliphatic heterocycles. The van der Waals surface area contributed by atoms with Crippen molar-refractivity contribution in [3.05, 3.63) is 23.2 Å². The topological polar surface area (TPSA) is 39.4 Å². The lowest BCUT2D eigenvalue weighted by atomic mass is 10.1. The van der Waals surface area contributed by atoms with Crippen LogP contribution in [0.3, 0.4) is 0 Å². The van der Waals surface area contributed by atoms with E-state index < -0.39 is 23.3 Å². The first-order valence-electron chi connectivity index (χ1n) is 3.61. The van der Waals surface area contributed by atoms with Crippen molar-refractivity contribution in [1.82, 2.24) is 0 Å². The zero-order valence-electron chi connectivity index (χ0n) is 7.44. The van der Waals surface area contributed by atoms with Crippen LogP contribution in [0.2, 0.25) is 0 Å². The molecule has 0 saturated heterocycles. The predicted octanol–water partition coefficient (Wildman–Crippen LogP) is 2.39. The summed E-state index contributed by atoms with van der Waals surface area (Å²) in [6.45, 7) is 1.27. The lowest BCUT2D eigenvalue weighted by Gasteiger charge is -2.05. The molecule has 3 nitrogen and oxygen atoms in total. The third-order valence-corrected chi connectivity index (χ3v) is 1.67. The van der Waals surface area contributed by atoms with E-state index in [-0.39, 0.29) is 5.76 Å². The molecule has 1 rings (SSSR count). The van der Waals surface area contributed by atoms with Gasteiger partial charge in [-0.15, -0.1) is 0 Å². The second-order valence-electron chi connectivity index (χ2n) is 2.57.